The molecule has 1 aromatic carbocycles. The van der Waals surface area contributed by atoms with Crippen LogP contribution in [-0.4, -0.2) is 10.9 Å². The van der Waals surface area contributed by atoms with Crippen LogP contribution in [0.4, 0.5) is 10.8 Å². The van der Waals surface area contributed by atoms with Gasteiger partial charge in [-0.15, -0.1) is 0 Å². The number of benzene rings is 1. The predicted octanol–water partition coefficient (Wildman–Crippen LogP) is 3.08. The van der Waals surface area contributed by atoms with Gasteiger partial charge in [0.25, 0.3) is 0 Å². The van der Waals surface area contributed by atoms with E-state index in [4.69, 9.17) is 17.4 Å². The number of hydrogen-bond acceptors (Lipinski definition) is 6. The first-order valence-corrected chi connectivity index (χ1v) is 9.80. The summed E-state index contributed by atoms with van der Waals surface area (Å²) in [6, 6.07) is 9.24. The Bertz CT molecular complexity index is 1310. The first-order valence-electron chi connectivity index (χ1n) is 9.10. The van der Waals surface area contributed by atoms with Crippen molar-refractivity contribution >= 4 is 57.1 Å². The first-order chi connectivity index (χ1) is 14.0. The zero-order chi connectivity index (χ0) is 20.1. The maximum absolute atomic E-state index is 11.4. The molecule has 0 spiro atoms. The molecule has 0 atom stereocenters. The Balaban J connectivity index is 1.73. The molecule has 2 N–H and O–H groups in total. The van der Waals surface area contributed by atoms with Crippen molar-refractivity contribution < 1.29 is 10.6 Å². The molecule has 1 aliphatic carbocycles. The van der Waals surface area contributed by atoms with Crippen molar-refractivity contribution in [3.8, 4) is 0 Å². The molecule has 2 aromatic heterocycles. The van der Waals surface area contributed by atoms with Crippen LogP contribution in [0, 0.1) is 0 Å². The molecule has 0 saturated carbocycles. The maximum Gasteiger partial charge on any atom is 0.223 e. The van der Waals surface area contributed by atoms with Gasteiger partial charge in [0.15, 0.2) is 5.13 Å². The number of thiazole rings is 1. The molecule has 28 heavy (non-hydrogen) atoms. The average Bonchev–Trinajstić information content (AvgIpc) is 3.36. The lowest BCUT2D eigenvalue weighted by atomic mass is 10.0. The SMILES string of the molecule is [2H]c1cc(C2=C3CC=c4nc(NC(C)=O)sc4=C3NN2c2ccccc2Cl)co1. The predicted molar refractivity (Wildman–Crippen MR) is 111 cm³/mol. The number of fused-ring (bicyclic) bond motifs is 2. The molecule has 2 aliphatic rings. The molecule has 0 saturated heterocycles. The Morgan fingerprint density at radius 3 is 3.04 bits per heavy atom. The van der Waals surface area contributed by atoms with E-state index < -0.39 is 0 Å². The molecular formula is C20H15ClN4O2S. The zero-order valence-electron chi connectivity index (χ0n) is 15.7. The highest BCUT2D eigenvalue weighted by atomic mass is 35.5. The Labute approximate surface area is 170 Å². The van der Waals surface area contributed by atoms with E-state index >= 15 is 0 Å². The number of carbonyl (C=O) groups is 1. The number of hydrazine groups is 1. The number of amides is 1. The molecule has 140 valence electrons. The van der Waals surface area contributed by atoms with E-state index in [9.17, 15) is 4.79 Å². The Morgan fingerprint density at radius 1 is 1.43 bits per heavy atom. The van der Waals surface area contributed by atoms with E-state index in [1.807, 2.05) is 35.4 Å². The average molecular weight is 412 g/mol. The van der Waals surface area contributed by atoms with Crippen LogP contribution in [0.5, 0.6) is 0 Å². The number of aromatic nitrogens is 1. The van der Waals surface area contributed by atoms with Gasteiger partial charge in [-0.3, -0.25) is 15.2 Å². The molecule has 1 aliphatic heterocycles. The summed E-state index contributed by atoms with van der Waals surface area (Å²) in [6.07, 6.45) is 4.35. The lowest BCUT2D eigenvalue weighted by Crippen LogP contribution is -2.35. The van der Waals surface area contributed by atoms with Gasteiger partial charge in [-0.1, -0.05) is 41.1 Å². The number of anilines is 2. The highest BCUT2D eigenvalue weighted by Crippen LogP contribution is 2.40. The van der Waals surface area contributed by atoms with Gasteiger partial charge in [-0.25, -0.2) is 4.98 Å². The van der Waals surface area contributed by atoms with Crippen molar-refractivity contribution in [2.75, 3.05) is 10.3 Å². The smallest absolute Gasteiger partial charge is 0.223 e. The van der Waals surface area contributed by atoms with E-state index in [1.165, 1.54) is 18.3 Å². The van der Waals surface area contributed by atoms with Gasteiger partial charge in [-0.05, 0) is 24.6 Å². The third-order valence-electron chi connectivity index (χ3n) is 4.53. The lowest BCUT2D eigenvalue weighted by Gasteiger charge is -2.23. The number of furan rings is 1. The van der Waals surface area contributed by atoms with E-state index in [1.54, 1.807) is 12.3 Å². The van der Waals surface area contributed by atoms with Gasteiger partial charge in [-0.2, -0.15) is 0 Å². The lowest BCUT2D eigenvalue weighted by molar-refractivity contribution is -0.114. The summed E-state index contributed by atoms with van der Waals surface area (Å²) in [4.78, 5) is 16.0. The molecule has 6 nitrogen and oxygen atoms in total. The Hall–Kier alpha value is -3.03. The number of nitrogens with one attached hydrogen (secondary N) is 2. The molecule has 1 amide bonds. The minimum atomic E-state index is -0.156. The van der Waals surface area contributed by atoms with Crippen LogP contribution in [0.15, 0.2) is 52.8 Å². The number of halogens is 1. The number of para-hydroxylation sites is 1. The van der Waals surface area contributed by atoms with Gasteiger partial charge >= 0.3 is 0 Å². The third-order valence-corrected chi connectivity index (χ3v) is 5.86. The van der Waals surface area contributed by atoms with Gasteiger partial charge in [0.1, 0.15) is 1.37 Å². The molecule has 3 heterocycles. The number of hydrogen-bond donors (Lipinski definition) is 2. The second-order valence-electron chi connectivity index (χ2n) is 6.38. The summed E-state index contributed by atoms with van der Waals surface area (Å²) in [5.74, 6) is -0.156. The largest absolute Gasteiger partial charge is 0.472 e. The van der Waals surface area contributed by atoms with Crippen molar-refractivity contribution in [1.29, 1.82) is 0 Å². The topological polar surface area (TPSA) is 70.4 Å². The molecule has 0 bridgehead atoms. The van der Waals surface area contributed by atoms with Gasteiger partial charge in [0.2, 0.25) is 5.91 Å². The number of rotatable bonds is 3. The summed E-state index contributed by atoms with van der Waals surface area (Å²) in [5.41, 5.74) is 7.89. The molecule has 3 aromatic rings. The second-order valence-corrected chi connectivity index (χ2v) is 7.78. The monoisotopic (exact) mass is 411 g/mol. The molecule has 5 rings (SSSR count). The quantitative estimate of drug-likeness (QED) is 0.693. The van der Waals surface area contributed by atoms with E-state index in [-0.39, 0.29) is 12.1 Å². The fourth-order valence-electron chi connectivity index (χ4n) is 3.40. The van der Waals surface area contributed by atoms with Crippen LogP contribution in [0.3, 0.4) is 0 Å². The van der Waals surface area contributed by atoms with Crippen LogP contribution >= 0.6 is 22.9 Å². The summed E-state index contributed by atoms with van der Waals surface area (Å²) >= 11 is 7.90. The molecule has 0 radical (unpaired) electrons. The molecular weight excluding hydrogens is 396 g/mol. The van der Waals surface area contributed by atoms with Crippen LogP contribution in [-0.2, 0) is 4.79 Å². The Kier molecular flexibility index (Phi) is 3.73. The standard InChI is InChI=1S/C20H15ClN4O2S/c1-11(26)22-20-23-15-7-6-13-17(19(15)28-20)24-25(16-5-3-2-4-14(16)21)18(13)12-8-9-27-10-12/h2-5,7-10,24H,6H2,1H3,(H,22,23,26)/i9D. The Morgan fingerprint density at radius 2 is 2.29 bits per heavy atom. The fraction of sp³-hybridized carbons (Fsp3) is 0.100. The van der Waals surface area contributed by atoms with Crippen molar-refractivity contribution in [2.45, 2.75) is 13.3 Å². The summed E-state index contributed by atoms with van der Waals surface area (Å²) in [5, 5.41) is 6.66. The van der Waals surface area contributed by atoms with E-state index in [0.717, 1.165) is 38.1 Å². The minimum absolute atomic E-state index is 0.0897. The zero-order valence-corrected chi connectivity index (χ0v) is 16.3. The minimum Gasteiger partial charge on any atom is -0.472 e. The summed E-state index contributed by atoms with van der Waals surface area (Å²) < 4.78 is 14.0. The van der Waals surface area contributed by atoms with Gasteiger partial charge in [0.05, 0.1) is 44.5 Å². The normalized spacial score (nSPS) is 15.6. The molecule has 8 heteroatoms. The number of carbonyl (C=O) groups excluding carboxylic acids is 1. The van der Waals surface area contributed by atoms with Crippen molar-refractivity contribution in [1.82, 2.24) is 10.4 Å². The number of nitrogens with zero attached hydrogens (tertiary/aromatic N) is 2. The fourth-order valence-corrected chi connectivity index (χ4v) is 4.65. The van der Waals surface area contributed by atoms with Crippen molar-refractivity contribution in [2.24, 2.45) is 0 Å². The second kappa shape index (κ2) is 6.54. The summed E-state index contributed by atoms with van der Waals surface area (Å²) in [7, 11) is 0. The molecule has 0 fully saturated rings. The highest BCUT2D eigenvalue weighted by Gasteiger charge is 2.32. The van der Waals surface area contributed by atoms with E-state index in [2.05, 4.69) is 15.7 Å². The van der Waals surface area contributed by atoms with E-state index in [0.29, 0.717) is 16.6 Å². The van der Waals surface area contributed by atoms with Crippen LogP contribution in [0.25, 0.3) is 17.5 Å². The van der Waals surface area contributed by atoms with Crippen molar-refractivity contribution in [3.63, 3.8) is 0 Å². The summed E-state index contributed by atoms with van der Waals surface area (Å²) in [6.45, 7) is 1.46. The first kappa shape index (κ1) is 16.0. The molecule has 0 unspecified atom stereocenters. The maximum atomic E-state index is 11.4. The van der Waals surface area contributed by atoms with Crippen LogP contribution in [0.2, 0.25) is 5.02 Å². The van der Waals surface area contributed by atoms with Crippen LogP contribution < -0.4 is 25.6 Å². The van der Waals surface area contributed by atoms with Gasteiger partial charge < -0.3 is 9.73 Å². The van der Waals surface area contributed by atoms with Crippen molar-refractivity contribution in [3.05, 3.63) is 68.9 Å². The van der Waals surface area contributed by atoms with Gasteiger partial charge in [0, 0.05) is 18.1 Å². The highest BCUT2D eigenvalue weighted by molar-refractivity contribution is 7.13. The third kappa shape index (κ3) is 2.71. The van der Waals surface area contributed by atoms with Crippen LogP contribution in [0.1, 0.15) is 20.3 Å².